The van der Waals surface area contributed by atoms with Gasteiger partial charge in [-0.3, -0.25) is 0 Å². The van der Waals surface area contributed by atoms with E-state index >= 15 is 0 Å². The van der Waals surface area contributed by atoms with E-state index < -0.39 is 12.7 Å². The van der Waals surface area contributed by atoms with Gasteiger partial charge >= 0.3 is 6.61 Å². The monoisotopic (exact) mass is 290 g/mol. The van der Waals surface area contributed by atoms with Gasteiger partial charge in [0.25, 0.3) is 0 Å². The molecule has 21 heavy (non-hydrogen) atoms. The summed E-state index contributed by atoms with van der Waals surface area (Å²) in [4.78, 5) is 0. The molecule has 0 heterocycles. The van der Waals surface area contributed by atoms with E-state index in [9.17, 15) is 13.9 Å². The summed E-state index contributed by atoms with van der Waals surface area (Å²) in [5.74, 6) is 0.384. The molecule has 0 radical (unpaired) electrons. The maximum atomic E-state index is 12.4. The maximum Gasteiger partial charge on any atom is 0.387 e. The lowest BCUT2D eigenvalue weighted by Gasteiger charge is -2.16. The van der Waals surface area contributed by atoms with Crippen LogP contribution in [-0.2, 0) is 0 Å². The normalized spacial score (nSPS) is 22.1. The van der Waals surface area contributed by atoms with Gasteiger partial charge in [-0.2, -0.15) is 8.78 Å². The Hall–Kier alpha value is -1.94. The second-order valence-electron chi connectivity index (χ2n) is 5.28. The third-order valence-corrected chi connectivity index (χ3v) is 3.93. The Morgan fingerprint density at radius 3 is 2.38 bits per heavy atom. The predicted octanol–water partition coefficient (Wildman–Crippen LogP) is 4.13. The number of hydrogen-bond donors (Lipinski definition) is 1. The van der Waals surface area contributed by atoms with E-state index in [1.54, 1.807) is 18.2 Å². The molecule has 0 spiro atoms. The molecular formula is C17H16F2O2. The summed E-state index contributed by atoms with van der Waals surface area (Å²) in [6, 6.07) is 16.4. The van der Waals surface area contributed by atoms with Gasteiger partial charge in [-0.15, -0.1) is 0 Å². The third-order valence-electron chi connectivity index (χ3n) is 3.93. The van der Waals surface area contributed by atoms with Crippen molar-refractivity contribution in [2.75, 3.05) is 0 Å². The summed E-state index contributed by atoms with van der Waals surface area (Å²) < 4.78 is 29.3. The molecule has 3 unspecified atom stereocenters. The molecule has 110 valence electrons. The average Bonchev–Trinajstić information content (AvgIpc) is 3.28. The zero-order valence-electron chi connectivity index (χ0n) is 11.3. The lowest BCUT2D eigenvalue weighted by atomic mass is 10.0. The van der Waals surface area contributed by atoms with Crippen molar-refractivity contribution in [3.8, 4) is 5.75 Å². The first-order chi connectivity index (χ1) is 10.2. The molecule has 1 aliphatic rings. The second-order valence-corrected chi connectivity index (χ2v) is 5.28. The topological polar surface area (TPSA) is 29.5 Å². The standard InChI is InChI=1S/C17H16F2O2/c18-17(19)21-15-9-5-4-8-12(15)16(20)14-10-13(14)11-6-2-1-3-7-11/h1-9,13-14,16-17,20H,10H2. The first-order valence-electron chi connectivity index (χ1n) is 6.93. The molecule has 0 bridgehead atoms. The molecule has 1 aliphatic carbocycles. The van der Waals surface area contributed by atoms with Crippen LogP contribution in [0.3, 0.4) is 0 Å². The fraction of sp³-hybridized carbons (Fsp3) is 0.294. The van der Waals surface area contributed by atoms with Crippen molar-refractivity contribution in [2.24, 2.45) is 5.92 Å². The molecule has 1 N–H and O–H groups in total. The summed E-state index contributed by atoms with van der Waals surface area (Å²) in [6.07, 6.45) is 0.0685. The van der Waals surface area contributed by atoms with Gasteiger partial charge in [-0.1, -0.05) is 48.5 Å². The number of benzene rings is 2. The minimum Gasteiger partial charge on any atom is -0.434 e. The highest BCUT2D eigenvalue weighted by Crippen LogP contribution is 2.55. The Morgan fingerprint density at radius 1 is 1.00 bits per heavy atom. The van der Waals surface area contributed by atoms with E-state index in [1.165, 1.54) is 11.6 Å². The Kier molecular flexibility index (Phi) is 3.88. The SMILES string of the molecule is OC(c1ccccc1OC(F)F)C1CC1c1ccccc1. The van der Waals surface area contributed by atoms with Gasteiger partial charge < -0.3 is 9.84 Å². The Morgan fingerprint density at radius 2 is 1.67 bits per heavy atom. The zero-order chi connectivity index (χ0) is 14.8. The zero-order valence-corrected chi connectivity index (χ0v) is 11.3. The van der Waals surface area contributed by atoms with E-state index in [1.807, 2.05) is 30.3 Å². The minimum absolute atomic E-state index is 0.0508. The van der Waals surface area contributed by atoms with Gasteiger partial charge in [0.05, 0.1) is 6.10 Å². The molecule has 4 heteroatoms. The summed E-state index contributed by atoms with van der Waals surface area (Å²) in [5.41, 5.74) is 1.61. The second kappa shape index (κ2) is 5.82. The molecule has 3 rings (SSSR count). The Bertz CT molecular complexity index is 601. The highest BCUT2D eigenvalue weighted by atomic mass is 19.3. The average molecular weight is 290 g/mol. The fourth-order valence-electron chi connectivity index (χ4n) is 2.81. The van der Waals surface area contributed by atoms with Crippen molar-refractivity contribution in [2.45, 2.75) is 25.1 Å². The fourth-order valence-corrected chi connectivity index (χ4v) is 2.81. The highest BCUT2D eigenvalue weighted by Gasteiger charge is 2.44. The Labute approximate surface area is 122 Å². The molecule has 0 aliphatic heterocycles. The molecule has 2 nitrogen and oxygen atoms in total. The summed E-state index contributed by atoms with van der Waals surface area (Å²) in [6.45, 7) is -2.89. The van der Waals surface area contributed by atoms with Crippen molar-refractivity contribution >= 4 is 0 Å². The van der Waals surface area contributed by atoms with E-state index in [2.05, 4.69) is 4.74 Å². The van der Waals surface area contributed by atoms with Crippen LogP contribution in [0.2, 0.25) is 0 Å². The number of hydrogen-bond acceptors (Lipinski definition) is 2. The summed E-state index contributed by atoms with van der Waals surface area (Å²) in [5, 5.41) is 10.5. The van der Waals surface area contributed by atoms with Gasteiger partial charge in [0.15, 0.2) is 0 Å². The molecule has 1 saturated carbocycles. The van der Waals surface area contributed by atoms with E-state index in [-0.39, 0.29) is 17.6 Å². The number of halogens is 2. The molecule has 1 fully saturated rings. The van der Waals surface area contributed by atoms with Crippen molar-refractivity contribution in [3.05, 3.63) is 65.7 Å². The number of alkyl halides is 2. The van der Waals surface area contributed by atoms with Crippen LogP contribution in [-0.4, -0.2) is 11.7 Å². The Balaban J connectivity index is 1.77. The molecular weight excluding hydrogens is 274 g/mol. The lowest BCUT2D eigenvalue weighted by Crippen LogP contribution is -2.08. The lowest BCUT2D eigenvalue weighted by molar-refractivity contribution is -0.0517. The van der Waals surface area contributed by atoms with Crippen LogP contribution >= 0.6 is 0 Å². The van der Waals surface area contributed by atoms with E-state index in [0.29, 0.717) is 5.56 Å². The molecule has 0 amide bonds. The van der Waals surface area contributed by atoms with Crippen LogP contribution in [0.1, 0.15) is 29.6 Å². The van der Waals surface area contributed by atoms with Gasteiger partial charge in [-0.25, -0.2) is 0 Å². The molecule has 3 atom stereocenters. The first kappa shape index (κ1) is 14.0. The van der Waals surface area contributed by atoms with Crippen LogP contribution in [0.25, 0.3) is 0 Å². The van der Waals surface area contributed by atoms with Crippen LogP contribution in [0.5, 0.6) is 5.75 Å². The first-order valence-corrected chi connectivity index (χ1v) is 6.93. The minimum atomic E-state index is -2.89. The van der Waals surface area contributed by atoms with Crippen LogP contribution < -0.4 is 4.74 Å². The number of ether oxygens (including phenoxy) is 1. The van der Waals surface area contributed by atoms with Gasteiger partial charge in [0.2, 0.25) is 0 Å². The van der Waals surface area contributed by atoms with Gasteiger partial charge in [0, 0.05) is 5.56 Å². The molecule has 2 aromatic rings. The van der Waals surface area contributed by atoms with Crippen molar-refractivity contribution < 1.29 is 18.6 Å². The van der Waals surface area contributed by atoms with E-state index in [0.717, 1.165) is 6.42 Å². The number of para-hydroxylation sites is 1. The molecule has 0 aromatic heterocycles. The maximum absolute atomic E-state index is 12.4. The van der Waals surface area contributed by atoms with Crippen LogP contribution in [0.4, 0.5) is 8.78 Å². The number of aliphatic hydroxyl groups is 1. The largest absolute Gasteiger partial charge is 0.434 e. The number of aliphatic hydroxyl groups excluding tert-OH is 1. The highest BCUT2D eigenvalue weighted by molar-refractivity contribution is 5.38. The van der Waals surface area contributed by atoms with Crippen molar-refractivity contribution in [1.82, 2.24) is 0 Å². The van der Waals surface area contributed by atoms with Crippen LogP contribution in [0.15, 0.2) is 54.6 Å². The van der Waals surface area contributed by atoms with Crippen molar-refractivity contribution in [1.29, 1.82) is 0 Å². The van der Waals surface area contributed by atoms with Gasteiger partial charge in [0.1, 0.15) is 5.75 Å². The third kappa shape index (κ3) is 3.05. The van der Waals surface area contributed by atoms with E-state index in [4.69, 9.17) is 0 Å². The smallest absolute Gasteiger partial charge is 0.387 e. The number of rotatable bonds is 5. The summed E-state index contributed by atoms with van der Waals surface area (Å²) in [7, 11) is 0. The quantitative estimate of drug-likeness (QED) is 0.897. The molecule has 2 aromatic carbocycles. The summed E-state index contributed by atoms with van der Waals surface area (Å²) >= 11 is 0. The van der Waals surface area contributed by atoms with Crippen LogP contribution in [0, 0.1) is 5.92 Å². The van der Waals surface area contributed by atoms with Crippen molar-refractivity contribution in [3.63, 3.8) is 0 Å². The van der Waals surface area contributed by atoms with Gasteiger partial charge in [-0.05, 0) is 29.9 Å². The molecule has 0 saturated heterocycles. The predicted molar refractivity (Wildman–Crippen MR) is 75.3 cm³/mol.